The van der Waals surface area contributed by atoms with E-state index >= 15 is 0 Å². The molecule has 1 aromatic carbocycles. The van der Waals surface area contributed by atoms with Crippen molar-refractivity contribution in [1.29, 1.82) is 0 Å². The van der Waals surface area contributed by atoms with Crippen molar-refractivity contribution in [2.45, 2.75) is 33.4 Å². The van der Waals surface area contributed by atoms with Gasteiger partial charge in [-0.15, -0.1) is 0 Å². The minimum atomic E-state index is -0.930. The summed E-state index contributed by atoms with van der Waals surface area (Å²) >= 11 is 12.2. The van der Waals surface area contributed by atoms with E-state index in [2.05, 4.69) is 5.10 Å². The average molecular weight is 398 g/mol. The molecule has 0 N–H and O–H groups in total. The number of amides is 1. The lowest BCUT2D eigenvalue weighted by Gasteiger charge is -2.29. The fourth-order valence-electron chi connectivity index (χ4n) is 2.68. The van der Waals surface area contributed by atoms with Crippen LogP contribution in [0.4, 0.5) is 0 Å². The molecule has 140 valence electrons. The number of likely N-dealkylation sites (N-methyl/N-ethyl adjacent to an activating group) is 1. The van der Waals surface area contributed by atoms with Gasteiger partial charge in [-0.2, -0.15) is 5.10 Å². The van der Waals surface area contributed by atoms with Crippen LogP contribution < -0.4 is 0 Å². The first-order valence-electron chi connectivity index (χ1n) is 8.26. The Morgan fingerprint density at radius 1 is 1.23 bits per heavy atom. The fourth-order valence-corrected chi connectivity index (χ4v) is 3.23. The molecule has 0 aliphatic heterocycles. The molecule has 0 aliphatic carbocycles. The van der Waals surface area contributed by atoms with Gasteiger partial charge in [-0.3, -0.25) is 9.48 Å². The summed E-state index contributed by atoms with van der Waals surface area (Å²) in [6, 6.07) is 3.87. The largest absolute Gasteiger partial charge is 0.464 e. The predicted octanol–water partition coefficient (Wildman–Crippen LogP) is 3.65. The normalized spacial score (nSPS) is 11.9. The molecule has 1 amide bonds. The minimum Gasteiger partial charge on any atom is -0.464 e. The summed E-state index contributed by atoms with van der Waals surface area (Å²) in [5.74, 6) is -0.789. The highest BCUT2D eigenvalue weighted by molar-refractivity contribution is 6.34. The first-order valence-corrected chi connectivity index (χ1v) is 9.02. The molecular weight excluding hydrogens is 377 g/mol. The van der Waals surface area contributed by atoms with Crippen LogP contribution in [0.15, 0.2) is 30.6 Å². The van der Waals surface area contributed by atoms with Gasteiger partial charge in [0.1, 0.15) is 6.54 Å². The van der Waals surface area contributed by atoms with Crippen LogP contribution >= 0.6 is 23.2 Å². The summed E-state index contributed by atoms with van der Waals surface area (Å²) in [5, 5.41) is 4.89. The summed E-state index contributed by atoms with van der Waals surface area (Å²) < 4.78 is 6.72. The number of rotatable bonds is 7. The topological polar surface area (TPSA) is 64.4 Å². The maximum atomic E-state index is 12.8. The molecule has 0 saturated heterocycles. The minimum absolute atomic E-state index is 0.0197. The van der Waals surface area contributed by atoms with E-state index in [1.807, 2.05) is 6.92 Å². The van der Waals surface area contributed by atoms with Crippen LogP contribution in [0.3, 0.4) is 0 Å². The Balaban J connectivity index is 2.37. The Hall–Kier alpha value is -2.05. The highest BCUT2D eigenvalue weighted by atomic mass is 35.5. The van der Waals surface area contributed by atoms with E-state index < -0.39 is 12.0 Å². The molecular formula is C18H21Cl2N3O3. The molecule has 6 nitrogen and oxygen atoms in total. The summed E-state index contributed by atoms with van der Waals surface area (Å²) in [6.07, 6.45) is 3.44. The summed E-state index contributed by atoms with van der Waals surface area (Å²) in [4.78, 5) is 26.9. The van der Waals surface area contributed by atoms with Crippen molar-refractivity contribution in [3.63, 3.8) is 0 Å². The van der Waals surface area contributed by atoms with Crippen LogP contribution in [-0.4, -0.2) is 39.7 Å². The summed E-state index contributed by atoms with van der Waals surface area (Å²) in [6.45, 7) is 5.93. The van der Waals surface area contributed by atoms with Gasteiger partial charge in [0, 0.05) is 22.8 Å². The van der Waals surface area contributed by atoms with Gasteiger partial charge in [0.15, 0.2) is 6.04 Å². The molecule has 0 fully saturated rings. The van der Waals surface area contributed by atoms with Crippen molar-refractivity contribution < 1.29 is 14.3 Å². The maximum absolute atomic E-state index is 12.8. The lowest BCUT2D eigenvalue weighted by atomic mass is 10.0. The average Bonchev–Trinajstić information content (AvgIpc) is 2.96. The number of ether oxygens (including phenoxy) is 1. The Labute approximate surface area is 162 Å². The van der Waals surface area contributed by atoms with E-state index in [1.165, 1.54) is 9.58 Å². The van der Waals surface area contributed by atoms with Gasteiger partial charge in [0.05, 0.1) is 12.8 Å². The molecule has 0 bridgehead atoms. The van der Waals surface area contributed by atoms with Crippen LogP contribution in [0.25, 0.3) is 0 Å². The number of benzene rings is 1. The molecule has 0 spiro atoms. The van der Waals surface area contributed by atoms with Crippen molar-refractivity contribution >= 4 is 35.1 Å². The third-order valence-electron chi connectivity index (χ3n) is 3.74. The molecule has 26 heavy (non-hydrogen) atoms. The number of carbonyl (C=O) groups excluding carboxylic acids is 2. The van der Waals surface area contributed by atoms with Crippen LogP contribution in [0.5, 0.6) is 0 Å². The van der Waals surface area contributed by atoms with Crippen LogP contribution in [0.2, 0.25) is 10.0 Å². The molecule has 8 heteroatoms. The zero-order valence-corrected chi connectivity index (χ0v) is 16.4. The fraction of sp³-hybridized carbons (Fsp3) is 0.389. The van der Waals surface area contributed by atoms with Gasteiger partial charge in [0.2, 0.25) is 5.91 Å². The van der Waals surface area contributed by atoms with Crippen molar-refractivity contribution in [3.8, 4) is 0 Å². The zero-order valence-electron chi connectivity index (χ0n) is 14.9. The maximum Gasteiger partial charge on any atom is 0.333 e. The van der Waals surface area contributed by atoms with Crippen molar-refractivity contribution in [2.24, 2.45) is 0 Å². The Kier molecular flexibility index (Phi) is 7.06. The second kappa shape index (κ2) is 9.05. The Morgan fingerprint density at radius 3 is 2.38 bits per heavy atom. The number of aromatic nitrogens is 2. The first-order chi connectivity index (χ1) is 12.3. The molecule has 0 unspecified atom stereocenters. The number of halogens is 2. The van der Waals surface area contributed by atoms with Gasteiger partial charge >= 0.3 is 5.97 Å². The molecule has 1 aromatic heterocycles. The lowest BCUT2D eigenvalue weighted by Crippen LogP contribution is -2.41. The number of hydrogen-bond acceptors (Lipinski definition) is 4. The quantitative estimate of drug-likeness (QED) is 0.668. The molecule has 1 heterocycles. The van der Waals surface area contributed by atoms with Crippen LogP contribution in [-0.2, 0) is 20.9 Å². The zero-order chi connectivity index (χ0) is 19.3. The van der Waals surface area contributed by atoms with Gasteiger partial charge in [-0.1, -0.05) is 23.2 Å². The van der Waals surface area contributed by atoms with E-state index in [0.717, 1.165) is 5.56 Å². The monoisotopic (exact) mass is 397 g/mol. The SMILES string of the molecule is CCOC(=O)[C@@H](c1cc(Cl)cc(Cl)c1)N(CC)C(=O)Cn1cc(C)cn1. The molecule has 0 aliphatic rings. The predicted molar refractivity (Wildman–Crippen MR) is 100 cm³/mol. The number of hydrogen-bond donors (Lipinski definition) is 0. The number of nitrogens with zero attached hydrogens (tertiary/aromatic N) is 3. The summed E-state index contributed by atoms with van der Waals surface area (Å²) in [5.41, 5.74) is 1.46. The van der Waals surface area contributed by atoms with Crippen molar-refractivity contribution in [3.05, 3.63) is 51.8 Å². The third-order valence-corrected chi connectivity index (χ3v) is 4.18. The molecule has 0 saturated carbocycles. The van der Waals surface area contributed by atoms with E-state index in [4.69, 9.17) is 27.9 Å². The third kappa shape index (κ3) is 4.99. The molecule has 1 atom stereocenters. The smallest absolute Gasteiger partial charge is 0.333 e. The number of carbonyl (C=O) groups is 2. The van der Waals surface area contributed by atoms with Crippen LogP contribution in [0.1, 0.15) is 31.0 Å². The second-order valence-corrected chi connectivity index (χ2v) is 6.63. The Bertz CT molecular complexity index is 771. The van der Waals surface area contributed by atoms with Crippen molar-refractivity contribution in [2.75, 3.05) is 13.2 Å². The molecule has 2 aromatic rings. The summed E-state index contributed by atoms with van der Waals surface area (Å²) in [7, 11) is 0. The molecule has 2 rings (SSSR count). The van der Waals surface area contributed by atoms with Gasteiger partial charge < -0.3 is 9.64 Å². The number of esters is 1. The highest BCUT2D eigenvalue weighted by Crippen LogP contribution is 2.28. The van der Waals surface area contributed by atoms with Gasteiger partial charge in [-0.05, 0) is 50.1 Å². The van der Waals surface area contributed by atoms with Gasteiger partial charge in [0.25, 0.3) is 0 Å². The Morgan fingerprint density at radius 2 is 1.88 bits per heavy atom. The van der Waals surface area contributed by atoms with Crippen LogP contribution in [0, 0.1) is 6.92 Å². The number of aryl methyl sites for hydroxylation is 1. The highest BCUT2D eigenvalue weighted by Gasteiger charge is 2.32. The standard InChI is InChI=1S/C18H21Cl2N3O3/c1-4-23(16(24)11-22-10-12(3)9-21-22)17(18(25)26-5-2)13-6-14(19)8-15(20)7-13/h6-10,17H,4-5,11H2,1-3H3/t17-/m1/s1. The van der Waals surface area contributed by atoms with Gasteiger partial charge in [-0.25, -0.2) is 4.79 Å². The van der Waals surface area contributed by atoms with Crippen molar-refractivity contribution in [1.82, 2.24) is 14.7 Å². The second-order valence-electron chi connectivity index (χ2n) is 5.75. The van der Waals surface area contributed by atoms with E-state index in [9.17, 15) is 9.59 Å². The lowest BCUT2D eigenvalue weighted by molar-refractivity contribution is -0.155. The van der Waals surface area contributed by atoms with E-state index in [0.29, 0.717) is 22.2 Å². The first kappa shape index (κ1) is 20.3. The molecule has 0 radical (unpaired) electrons. The van der Waals surface area contributed by atoms with E-state index in [1.54, 1.807) is 44.4 Å². The van der Waals surface area contributed by atoms with E-state index in [-0.39, 0.29) is 19.1 Å².